The zero-order valence-corrected chi connectivity index (χ0v) is 8.84. The highest BCUT2D eigenvalue weighted by Crippen LogP contribution is 2.40. The van der Waals surface area contributed by atoms with Gasteiger partial charge in [-0.25, -0.2) is 0 Å². The Balaban J connectivity index is 2.27. The molecular weight excluding hydrogens is 210 g/mol. The number of amides is 1. The third-order valence-corrected chi connectivity index (χ3v) is 3.87. The molecule has 0 atom stereocenters. The number of anilines is 1. The number of para-hydroxylation sites is 1. The van der Waals surface area contributed by atoms with Crippen molar-refractivity contribution >= 4 is 29.1 Å². The highest BCUT2D eigenvalue weighted by atomic mass is 32.2. The van der Waals surface area contributed by atoms with E-state index in [2.05, 4.69) is 0 Å². The Kier molecular flexibility index (Phi) is 1.85. The molecule has 0 fully saturated rings. The molecule has 3 nitrogen and oxygen atoms in total. The van der Waals surface area contributed by atoms with Crippen LogP contribution in [0.15, 0.2) is 23.1 Å². The van der Waals surface area contributed by atoms with Gasteiger partial charge in [-0.05, 0) is 24.3 Å². The van der Waals surface area contributed by atoms with E-state index in [1.807, 2.05) is 12.1 Å². The number of thioether (sulfide) groups is 1. The van der Waals surface area contributed by atoms with Crippen molar-refractivity contribution in [3.8, 4) is 0 Å². The first-order valence-electron chi connectivity index (χ1n) is 4.91. The molecule has 0 unspecified atom stereocenters. The maximum absolute atomic E-state index is 11.7. The summed E-state index contributed by atoms with van der Waals surface area (Å²) in [6.45, 7) is 0.668. The van der Waals surface area contributed by atoms with Crippen LogP contribution >= 0.6 is 11.8 Å². The van der Waals surface area contributed by atoms with Gasteiger partial charge in [-0.1, -0.05) is 6.07 Å². The average molecular weight is 219 g/mol. The van der Waals surface area contributed by atoms with E-state index in [9.17, 15) is 9.59 Å². The van der Waals surface area contributed by atoms with Crippen LogP contribution in [0.4, 0.5) is 5.69 Å². The molecule has 1 aromatic rings. The van der Waals surface area contributed by atoms with Crippen molar-refractivity contribution in [2.45, 2.75) is 11.3 Å². The molecule has 0 aromatic heterocycles. The molecule has 1 amide bonds. The Morgan fingerprint density at radius 1 is 1.27 bits per heavy atom. The lowest BCUT2D eigenvalue weighted by atomic mass is 10.1. The van der Waals surface area contributed by atoms with Gasteiger partial charge in [0.25, 0.3) is 11.7 Å². The highest BCUT2D eigenvalue weighted by Gasteiger charge is 2.37. The van der Waals surface area contributed by atoms with Gasteiger partial charge in [-0.3, -0.25) is 9.59 Å². The van der Waals surface area contributed by atoms with Crippen LogP contribution in [0, 0.1) is 0 Å². The van der Waals surface area contributed by atoms with E-state index < -0.39 is 0 Å². The smallest absolute Gasteiger partial charge is 0.299 e. The van der Waals surface area contributed by atoms with Gasteiger partial charge in [0.15, 0.2) is 0 Å². The molecular formula is C11H9NO2S. The molecule has 0 radical (unpaired) electrons. The second kappa shape index (κ2) is 3.10. The van der Waals surface area contributed by atoms with Gasteiger partial charge in [-0.15, -0.1) is 11.8 Å². The summed E-state index contributed by atoms with van der Waals surface area (Å²) in [5, 5.41) is 0. The number of benzene rings is 1. The quantitative estimate of drug-likeness (QED) is 0.623. The van der Waals surface area contributed by atoms with Gasteiger partial charge >= 0.3 is 0 Å². The van der Waals surface area contributed by atoms with Crippen LogP contribution < -0.4 is 4.90 Å². The minimum absolute atomic E-state index is 0.352. The van der Waals surface area contributed by atoms with Crippen LogP contribution in [0.3, 0.4) is 0 Å². The van der Waals surface area contributed by atoms with E-state index in [-0.39, 0.29) is 11.7 Å². The van der Waals surface area contributed by atoms with E-state index in [1.54, 1.807) is 22.7 Å². The first-order valence-corrected chi connectivity index (χ1v) is 5.89. The Morgan fingerprint density at radius 2 is 2.13 bits per heavy atom. The molecule has 4 heteroatoms. The Hall–Kier alpha value is -1.29. The van der Waals surface area contributed by atoms with Gasteiger partial charge in [0.2, 0.25) is 0 Å². The van der Waals surface area contributed by atoms with Crippen molar-refractivity contribution in [3.63, 3.8) is 0 Å². The van der Waals surface area contributed by atoms with E-state index in [0.717, 1.165) is 22.8 Å². The predicted molar refractivity (Wildman–Crippen MR) is 58.5 cm³/mol. The van der Waals surface area contributed by atoms with Crippen molar-refractivity contribution in [2.24, 2.45) is 0 Å². The molecule has 2 heterocycles. The molecule has 15 heavy (non-hydrogen) atoms. The van der Waals surface area contributed by atoms with E-state index in [1.165, 1.54) is 0 Å². The van der Waals surface area contributed by atoms with Gasteiger partial charge in [0.1, 0.15) is 0 Å². The van der Waals surface area contributed by atoms with Gasteiger partial charge in [0, 0.05) is 11.4 Å². The fourth-order valence-electron chi connectivity index (χ4n) is 2.06. The molecule has 0 saturated heterocycles. The van der Waals surface area contributed by atoms with Crippen molar-refractivity contribution in [2.75, 3.05) is 17.2 Å². The number of hydrogen-bond donors (Lipinski definition) is 0. The number of ketones is 1. The molecule has 0 bridgehead atoms. The number of Topliss-reactive ketones (excluding diaryl/α,β-unsaturated/α-hetero) is 1. The van der Waals surface area contributed by atoms with E-state index >= 15 is 0 Å². The number of nitrogens with zero attached hydrogens (tertiary/aromatic N) is 1. The summed E-state index contributed by atoms with van der Waals surface area (Å²) >= 11 is 1.73. The number of rotatable bonds is 0. The normalized spacial score (nSPS) is 19.1. The predicted octanol–water partition coefficient (Wildman–Crippen LogP) is 1.71. The lowest BCUT2D eigenvalue weighted by molar-refractivity contribution is -0.114. The molecule has 0 N–H and O–H groups in total. The third-order valence-electron chi connectivity index (χ3n) is 2.74. The van der Waals surface area contributed by atoms with Crippen LogP contribution in [0.1, 0.15) is 16.8 Å². The van der Waals surface area contributed by atoms with E-state index in [0.29, 0.717) is 12.1 Å². The lowest BCUT2D eigenvalue weighted by Crippen LogP contribution is -2.30. The molecule has 0 aliphatic carbocycles. The molecule has 2 aliphatic heterocycles. The summed E-state index contributed by atoms with van der Waals surface area (Å²) in [4.78, 5) is 26.0. The number of carbonyl (C=O) groups is 2. The summed E-state index contributed by atoms with van der Waals surface area (Å²) in [6.07, 6.45) is 0.942. The van der Waals surface area contributed by atoms with Crippen LogP contribution in [0.2, 0.25) is 0 Å². The minimum atomic E-state index is -0.361. The molecule has 0 spiro atoms. The molecule has 3 rings (SSSR count). The first kappa shape index (κ1) is 8.97. The van der Waals surface area contributed by atoms with Crippen molar-refractivity contribution in [1.82, 2.24) is 0 Å². The standard InChI is InChI=1S/C11H9NO2S/c13-10-7-3-1-4-8-9(7)12(11(10)14)5-2-6-15-8/h1,3-4H,2,5-6H2. The third kappa shape index (κ3) is 1.14. The summed E-state index contributed by atoms with van der Waals surface area (Å²) < 4.78 is 0. The van der Waals surface area contributed by atoms with Crippen LogP contribution in [-0.2, 0) is 4.79 Å². The maximum Gasteiger partial charge on any atom is 0.299 e. The van der Waals surface area contributed by atoms with Crippen molar-refractivity contribution < 1.29 is 9.59 Å². The largest absolute Gasteiger partial charge is 0.304 e. The van der Waals surface area contributed by atoms with E-state index in [4.69, 9.17) is 0 Å². The summed E-state index contributed by atoms with van der Waals surface area (Å²) in [7, 11) is 0. The summed E-state index contributed by atoms with van der Waals surface area (Å²) in [5.74, 6) is 0.295. The lowest BCUT2D eigenvalue weighted by Gasteiger charge is -2.14. The van der Waals surface area contributed by atoms with Crippen LogP contribution in [0.5, 0.6) is 0 Å². The Labute approximate surface area is 91.5 Å². The fourth-order valence-corrected chi connectivity index (χ4v) is 3.08. The Morgan fingerprint density at radius 3 is 3.00 bits per heavy atom. The second-order valence-corrected chi connectivity index (χ2v) is 4.78. The first-order chi connectivity index (χ1) is 7.29. The minimum Gasteiger partial charge on any atom is -0.304 e. The molecule has 0 saturated carbocycles. The molecule has 1 aromatic carbocycles. The monoisotopic (exact) mass is 219 g/mol. The summed E-state index contributed by atoms with van der Waals surface area (Å²) in [5.41, 5.74) is 1.42. The second-order valence-electron chi connectivity index (χ2n) is 3.64. The van der Waals surface area contributed by atoms with Crippen molar-refractivity contribution in [1.29, 1.82) is 0 Å². The summed E-state index contributed by atoms with van der Waals surface area (Å²) in [6, 6.07) is 5.57. The van der Waals surface area contributed by atoms with Gasteiger partial charge < -0.3 is 4.90 Å². The molecule has 76 valence electrons. The average Bonchev–Trinajstić information content (AvgIpc) is 2.45. The number of carbonyl (C=O) groups excluding carboxylic acids is 2. The highest BCUT2D eigenvalue weighted by molar-refractivity contribution is 7.99. The fraction of sp³-hybridized carbons (Fsp3) is 0.273. The van der Waals surface area contributed by atoms with Gasteiger partial charge in [-0.2, -0.15) is 0 Å². The van der Waals surface area contributed by atoms with Crippen LogP contribution in [-0.4, -0.2) is 24.0 Å². The van der Waals surface area contributed by atoms with Crippen LogP contribution in [0.25, 0.3) is 0 Å². The van der Waals surface area contributed by atoms with Gasteiger partial charge in [0.05, 0.1) is 11.3 Å². The SMILES string of the molecule is O=C1C(=O)N2CCCSc3cccc1c32. The maximum atomic E-state index is 11.7. The molecule has 2 aliphatic rings. The number of hydrogen-bond acceptors (Lipinski definition) is 3. The topological polar surface area (TPSA) is 37.4 Å². The van der Waals surface area contributed by atoms with Crippen molar-refractivity contribution in [3.05, 3.63) is 23.8 Å². The zero-order chi connectivity index (χ0) is 10.4. The zero-order valence-electron chi connectivity index (χ0n) is 8.03. The Bertz CT molecular complexity index is 470.